The van der Waals surface area contributed by atoms with Gasteiger partial charge in [0.15, 0.2) is 0 Å². The molecule has 0 saturated carbocycles. The summed E-state index contributed by atoms with van der Waals surface area (Å²) in [4.78, 5) is 13.9. The van der Waals surface area contributed by atoms with E-state index in [2.05, 4.69) is 37.2 Å². The molecule has 0 bridgehead atoms. The number of benzene rings is 2. The second-order valence-electron chi connectivity index (χ2n) is 8.47. The summed E-state index contributed by atoms with van der Waals surface area (Å²) in [6.45, 7) is 12.8. The Balaban J connectivity index is 2.40. The third-order valence-corrected chi connectivity index (χ3v) is 5.61. The van der Waals surface area contributed by atoms with E-state index < -0.39 is 0 Å². The average molecular weight is 457 g/mol. The number of carbonyl (C=O) groups excluding carboxylic acids is 1. The number of hydrogen-bond donors (Lipinski definition) is 1. The highest BCUT2D eigenvalue weighted by molar-refractivity contribution is 6.07. The molecule has 176 valence electrons. The number of halogens is 1. The van der Waals surface area contributed by atoms with Crippen molar-refractivity contribution in [3.8, 4) is 22.4 Å². The summed E-state index contributed by atoms with van der Waals surface area (Å²) in [5, 5.41) is 3.07. The van der Waals surface area contributed by atoms with Crippen LogP contribution in [0.25, 0.3) is 22.4 Å². The molecule has 0 aliphatic heterocycles. The van der Waals surface area contributed by atoms with Crippen LogP contribution < -0.4 is 5.32 Å². The Morgan fingerprint density at radius 2 is 1.76 bits per heavy atom. The predicted molar refractivity (Wildman–Crippen MR) is 140 cm³/mol. The Morgan fingerprint density at radius 1 is 1.09 bits per heavy atom. The third-order valence-electron chi connectivity index (χ3n) is 5.61. The number of allylic oxidation sites excluding steroid dienone is 4. The molecule has 3 aromatic rings. The van der Waals surface area contributed by atoms with Crippen LogP contribution in [0.15, 0.2) is 91.2 Å². The Hall–Kier alpha value is -3.66. The minimum Gasteiger partial charge on any atom is -0.343 e. The second kappa shape index (κ2) is 11.5. The molecule has 0 radical (unpaired) electrons. The molecule has 0 spiro atoms. The Kier molecular flexibility index (Phi) is 8.42. The largest absolute Gasteiger partial charge is 0.343 e. The fourth-order valence-corrected chi connectivity index (χ4v) is 4.36. The standard InChI is InChI=1S/C30H33FN2O/c1-6-12-25(13-7-2)32-30(34)27-26(22-14-10-9-11-15-22)29(23-16-18-24(31)19-17-23)33(20-8-3)28(27)21(4)5/h6-7,9-19,21H,1,8,20H2,2-5H3,(H,32,34)/b13-7-,25-12+. The van der Waals surface area contributed by atoms with Gasteiger partial charge in [0.1, 0.15) is 5.82 Å². The maximum absolute atomic E-state index is 13.9. The number of aromatic nitrogens is 1. The lowest BCUT2D eigenvalue weighted by Crippen LogP contribution is -2.24. The first-order chi connectivity index (χ1) is 16.4. The molecular weight excluding hydrogens is 423 g/mol. The van der Waals surface area contributed by atoms with Crippen LogP contribution in [0.2, 0.25) is 0 Å². The van der Waals surface area contributed by atoms with Gasteiger partial charge in [-0.3, -0.25) is 4.79 Å². The fraction of sp³-hybridized carbons (Fsp3) is 0.233. The maximum Gasteiger partial charge on any atom is 0.258 e. The van der Waals surface area contributed by atoms with E-state index in [4.69, 9.17) is 0 Å². The van der Waals surface area contributed by atoms with Crippen LogP contribution in [-0.4, -0.2) is 10.5 Å². The SMILES string of the molecule is C=C/C=C(\C=C/C)NC(=O)c1c(-c2ccccc2)c(-c2ccc(F)cc2)n(CCC)c1C(C)C. The van der Waals surface area contributed by atoms with E-state index in [1.165, 1.54) is 12.1 Å². The molecule has 34 heavy (non-hydrogen) atoms. The molecular formula is C30H33FN2O. The van der Waals surface area contributed by atoms with Crippen LogP contribution in [-0.2, 0) is 6.54 Å². The van der Waals surface area contributed by atoms with Crippen molar-refractivity contribution in [2.24, 2.45) is 0 Å². The number of hydrogen-bond acceptors (Lipinski definition) is 1. The Labute approximate surface area is 202 Å². The summed E-state index contributed by atoms with van der Waals surface area (Å²) in [5.74, 6) is -0.365. The Bertz CT molecular complexity index is 1200. The first-order valence-corrected chi connectivity index (χ1v) is 11.8. The van der Waals surface area contributed by atoms with Crippen LogP contribution in [0.5, 0.6) is 0 Å². The van der Waals surface area contributed by atoms with Gasteiger partial charge in [0.25, 0.3) is 5.91 Å². The van der Waals surface area contributed by atoms with Gasteiger partial charge in [0.2, 0.25) is 0 Å². The lowest BCUT2D eigenvalue weighted by atomic mass is 9.94. The van der Waals surface area contributed by atoms with E-state index in [-0.39, 0.29) is 17.6 Å². The zero-order valence-corrected chi connectivity index (χ0v) is 20.4. The molecule has 0 unspecified atom stereocenters. The van der Waals surface area contributed by atoms with Gasteiger partial charge in [0.05, 0.1) is 11.3 Å². The lowest BCUT2D eigenvalue weighted by Gasteiger charge is -2.16. The topological polar surface area (TPSA) is 34.0 Å². The molecule has 0 saturated heterocycles. The Morgan fingerprint density at radius 3 is 2.32 bits per heavy atom. The van der Waals surface area contributed by atoms with Crippen LogP contribution in [0.4, 0.5) is 4.39 Å². The number of rotatable bonds is 9. The van der Waals surface area contributed by atoms with E-state index in [1.807, 2.05) is 49.4 Å². The first-order valence-electron chi connectivity index (χ1n) is 11.8. The van der Waals surface area contributed by atoms with Crippen molar-refractivity contribution in [1.29, 1.82) is 0 Å². The molecule has 2 aromatic carbocycles. The summed E-state index contributed by atoms with van der Waals surface area (Å²) in [7, 11) is 0. The highest BCUT2D eigenvalue weighted by atomic mass is 19.1. The van der Waals surface area contributed by atoms with Crippen LogP contribution in [0.3, 0.4) is 0 Å². The highest BCUT2D eigenvalue weighted by Crippen LogP contribution is 2.42. The van der Waals surface area contributed by atoms with Crippen molar-refractivity contribution < 1.29 is 9.18 Å². The predicted octanol–water partition coefficient (Wildman–Crippen LogP) is 7.87. The maximum atomic E-state index is 13.9. The molecule has 0 fully saturated rings. The van der Waals surface area contributed by atoms with Crippen molar-refractivity contribution in [2.75, 3.05) is 0 Å². The minimum atomic E-state index is -0.286. The van der Waals surface area contributed by atoms with Crippen molar-refractivity contribution in [2.45, 2.75) is 46.6 Å². The zero-order chi connectivity index (χ0) is 24.7. The average Bonchev–Trinajstić information content (AvgIpc) is 3.16. The van der Waals surface area contributed by atoms with Gasteiger partial charge in [-0.1, -0.05) is 69.8 Å². The molecule has 3 nitrogen and oxygen atoms in total. The van der Waals surface area contributed by atoms with Crippen LogP contribution >= 0.6 is 0 Å². The van der Waals surface area contributed by atoms with Gasteiger partial charge < -0.3 is 9.88 Å². The zero-order valence-electron chi connectivity index (χ0n) is 20.4. The number of nitrogens with zero attached hydrogens (tertiary/aromatic N) is 1. The van der Waals surface area contributed by atoms with E-state index in [0.29, 0.717) is 11.3 Å². The van der Waals surface area contributed by atoms with E-state index in [9.17, 15) is 9.18 Å². The van der Waals surface area contributed by atoms with Crippen molar-refractivity contribution in [3.63, 3.8) is 0 Å². The minimum absolute atomic E-state index is 0.0949. The molecule has 3 rings (SSSR count). The molecule has 0 aliphatic rings. The monoisotopic (exact) mass is 456 g/mol. The number of nitrogens with one attached hydrogen (secondary N) is 1. The molecule has 0 aliphatic carbocycles. The fourth-order valence-electron chi connectivity index (χ4n) is 4.36. The molecule has 1 amide bonds. The highest BCUT2D eigenvalue weighted by Gasteiger charge is 2.30. The quantitative estimate of drug-likeness (QED) is 0.327. The van der Waals surface area contributed by atoms with Crippen molar-refractivity contribution in [3.05, 3.63) is 108 Å². The van der Waals surface area contributed by atoms with Crippen LogP contribution in [0.1, 0.15) is 56.1 Å². The third kappa shape index (κ3) is 5.28. The molecule has 4 heteroatoms. The van der Waals surface area contributed by atoms with Crippen molar-refractivity contribution >= 4 is 5.91 Å². The van der Waals surface area contributed by atoms with Gasteiger partial charge in [0, 0.05) is 23.5 Å². The lowest BCUT2D eigenvalue weighted by molar-refractivity contribution is 0.0966. The molecule has 0 atom stereocenters. The first kappa shape index (κ1) is 25.0. The van der Waals surface area contributed by atoms with E-state index in [1.54, 1.807) is 24.3 Å². The van der Waals surface area contributed by atoms with E-state index >= 15 is 0 Å². The van der Waals surface area contributed by atoms with Gasteiger partial charge in [-0.25, -0.2) is 4.39 Å². The number of amides is 1. The summed E-state index contributed by atoms with van der Waals surface area (Å²) in [6.07, 6.45) is 8.06. The van der Waals surface area contributed by atoms with E-state index in [0.717, 1.165) is 41.0 Å². The summed E-state index contributed by atoms with van der Waals surface area (Å²) in [6, 6.07) is 16.5. The van der Waals surface area contributed by atoms with Gasteiger partial charge in [-0.2, -0.15) is 0 Å². The molecule has 1 heterocycles. The molecule has 1 aromatic heterocycles. The van der Waals surface area contributed by atoms with Crippen molar-refractivity contribution in [1.82, 2.24) is 9.88 Å². The number of carbonyl (C=O) groups is 1. The summed E-state index contributed by atoms with van der Waals surface area (Å²) in [5.41, 5.74) is 5.91. The molecule has 1 N–H and O–H groups in total. The van der Waals surface area contributed by atoms with Crippen LogP contribution in [0, 0.1) is 5.82 Å². The summed E-state index contributed by atoms with van der Waals surface area (Å²) < 4.78 is 16.1. The smallest absolute Gasteiger partial charge is 0.258 e. The van der Waals surface area contributed by atoms with Gasteiger partial charge >= 0.3 is 0 Å². The van der Waals surface area contributed by atoms with Gasteiger partial charge in [-0.15, -0.1) is 0 Å². The second-order valence-corrected chi connectivity index (χ2v) is 8.47. The normalized spacial score (nSPS) is 11.9. The summed E-state index contributed by atoms with van der Waals surface area (Å²) >= 11 is 0. The van der Waals surface area contributed by atoms with Gasteiger partial charge in [-0.05, 0) is 66.8 Å².